The van der Waals surface area contributed by atoms with Gasteiger partial charge in [-0.25, -0.2) is 0 Å². The van der Waals surface area contributed by atoms with Gasteiger partial charge < -0.3 is 15.1 Å². The van der Waals surface area contributed by atoms with Crippen LogP contribution < -0.4 is 5.32 Å². The van der Waals surface area contributed by atoms with Gasteiger partial charge in [-0.05, 0) is 31.4 Å². The molecule has 1 aliphatic carbocycles. The fourth-order valence-electron chi connectivity index (χ4n) is 3.44. The van der Waals surface area contributed by atoms with Crippen molar-refractivity contribution in [2.45, 2.75) is 32.1 Å². The maximum absolute atomic E-state index is 11.5. The molecule has 0 unspecified atom stereocenters. The normalized spacial score (nSPS) is 19.0. The number of carbonyl (C=O) groups excluding carboxylic acids is 1. The molecule has 144 valence electrons. The second-order valence-corrected chi connectivity index (χ2v) is 7.78. The monoisotopic (exact) mass is 534 g/mol. The van der Waals surface area contributed by atoms with Crippen LogP contribution in [0.5, 0.6) is 0 Å². The Labute approximate surface area is 181 Å². The van der Waals surface area contributed by atoms with Crippen LogP contribution in [0, 0.1) is 0 Å². The number of amides is 1. The van der Waals surface area contributed by atoms with E-state index in [0.717, 1.165) is 45.2 Å². The first-order chi connectivity index (χ1) is 12.1. The summed E-state index contributed by atoms with van der Waals surface area (Å²) in [5.41, 5.74) is 1.55. The van der Waals surface area contributed by atoms with Gasteiger partial charge in [0.05, 0.1) is 6.54 Å². The van der Waals surface area contributed by atoms with Crippen molar-refractivity contribution in [1.29, 1.82) is 0 Å². The summed E-state index contributed by atoms with van der Waals surface area (Å²) in [6.45, 7) is 8.63. The van der Waals surface area contributed by atoms with Crippen molar-refractivity contribution in [3.05, 3.63) is 34.3 Å². The van der Waals surface area contributed by atoms with Crippen molar-refractivity contribution in [2.75, 3.05) is 39.3 Å². The maximum Gasteiger partial charge on any atom is 0.219 e. The molecule has 1 saturated carbocycles. The Hall–Kier alpha value is -0.830. The molecule has 0 bridgehead atoms. The molecular weight excluding hydrogens is 507 g/mol. The van der Waals surface area contributed by atoms with Crippen LogP contribution in [0.15, 0.2) is 33.7 Å². The minimum absolute atomic E-state index is 0. The van der Waals surface area contributed by atoms with Gasteiger partial charge in [-0.1, -0.05) is 34.1 Å². The molecule has 3 rings (SSSR count). The molecule has 1 aromatic carbocycles. The molecule has 0 aromatic heterocycles. The molecule has 1 heterocycles. The van der Waals surface area contributed by atoms with E-state index in [2.05, 4.69) is 57.3 Å². The maximum atomic E-state index is 11.5. The molecule has 1 aromatic rings. The first-order valence-corrected chi connectivity index (χ1v) is 9.89. The molecule has 2 fully saturated rings. The van der Waals surface area contributed by atoms with Crippen LogP contribution in [0.2, 0.25) is 0 Å². The largest absolute Gasteiger partial charge is 0.357 e. The number of halogens is 2. The van der Waals surface area contributed by atoms with Gasteiger partial charge in [0.1, 0.15) is 0 Å². The van der Waals surface area contributed by atoms with Crippen LogP contribution in [-0.4, -0.2) is 60.9 Å². The Morgan fingerprint density at radius 1 is 1.19 bits per heavy atom. The third-order valence-electron chi connectivity index (χ3n) is 5.19. The van der Waals surface area contributed by atoms with Gasteiger partial charge in [0.15, 0.2) is 5.96 Å². The van der Waals surface area contributed by atoms with Gasteiger partial charge in [0.25, 0.3) is 0 Å². The summed E-state index contributed by atoms with van der Waals surface area (Å²) in [6, 6.07) is 8.50. The number of benzene rings is 1. The standard InChI is InChI=1S/C19H27BrN4O.HI/c1-3-21-18(24-12-10-23(11-13-24)15(2)25)22-14-19(8-9-19)16-6-4-5-7-17(16)20;/h4-7H,3,8-14H2,1-2H3,(H,21,22);1H. The molecule has 1 amide bonds. The minimum Gasteiger partial charge on any atom is -0.357 e. The minimum atomic E-state index is 0. The first kappa shape index (κ1) is 21.5. The average molecular weight is 535 g/mol. The van der Waals surface area contributed by atoms with Crippen molar-refractivity contribution >= 4 is 51.8 Å². The number of rotatable bonds is 4. The lowest BCUT2D eigenvalue weighted by Crippen LogP contribution is -2.53. The van der Waals surface area contributed by atoms with E-state index in [4.69, 9.17) is 4.99 Å². The molecule has 26 heavy (non-hydrogen) atoms. The second kappa shape index (κ2) is 9.39. The van der Waals surface area contributed by atoms with Crippen molar-refractivity contribution in [2.24, 2.45) is 4.99 Å². The Bertz CT molecular complexity index is 655. The lowest BCUT2D eigenvalue weighted by Gasteiger charge is -2.36. The Balaban J connectivity index is 0.00000243. The predicted molar refractivity (Wildman–Crippen MR) is 120 cm³/mol. The number of aliphatic imine (C=N–C) groups is 1. The molecule has 1 N–H and O–H groups in total. The molecule has 1 saturated heterocycles. The molecule has 0 spiro atoms. The Kier molecular flexibility index (Phi) is 7.76. The van der Waals surface area contributed by atoms with Crippen LogP contribution in [0.1, 0.15) is 32.3 Å². The summed E-state index contributed by atoms with van der Waals surface area (Å²) >= 11 is 3.69. The molecule has 0 atom stereocenters. The third-order valence-corrected chi connectivity index (χ3v) is 5.88. The average Bonchev–Trinajstić information content (AvgIpc) is 3.40. The number of piperazine rings is 1. The highest BCUT2D eigenvalue weighted by Gasteiger charge is 2.45. The van der Waals surface area contributed by atoms with Gasteiger partial charge in [-0.2, -0.15) is 0 Å². The van der Waals surface area contributed by atoms with E-state index >= 15 is 0 Å². The van der Waals surface area contributed by atoms with E-state index in [0.29, 0.717) is 0 Å². The highest BCUT2D eigenvalue weighted by Crippen LogP contribution is 2.50. The molecule has 2 aliphatic rings. The van der Waals surface area contributed by atoms with Crippen LogP contribution in [0.3, 0.4) is 0 Å². The molecule has 1 aliphatic heterocycles. The highest BCUT2D eigenvalue weighted by atomic mass is 127. The zero-order valence-electron chi connectivity index (χ0n) is 15.5. The fourth-order valence-corrected chi connectivity index (χ4v) is 4.15. The van der Waals surface area contributed by atoms with E-state index in [-0.39, 0.29) is 35.3 Å². The molecule has 5 nitrogen and oxygen atoms in total. The summed E-state index contributed by atoms with van der Waals surface area (Å²) in [5.74, 6) is 1.14. The van der Waals surface area contributed by atoms with Crippen molar-refractivity contribution < 1.29 is 4.79 Å². The van der Waals surface area contributed by atoms with E-state index in [1.807, 2.05) is 4.90 Å². The van der Waals surface area contributed by atoms with Crippen molar-refractivity contribution in [3.8, 4) is 0 Å². The Morgan fingerprint density at radius 2 is 1.81 bits per heavy atom. The first-order valence-electron chi connectivity index (χ1n) is 9.09. The third kappa shape index (κ3) is 4.91. The number of hydrogen-bond acceptors (Lipinski definition) is 2. The number of guanidine groups is 1. The summed E-state index contributed by atoms with van der Waals surface area (Å²) in [7, 11) is 0. The van der Waals surface area contributed by atoms with E-state index in [1.54, 1.807) is 6.92 Å². The van der Waals surface area contributed by atoms with Crippen molar-refractivity contribution in [3.63, 3.8) is 0 Å². The summed E-state index contributed by atoms with van der Waals surface area (Å²) in [6.07, 6.45) is 2.38. The quantitative estimate of drug-likeness (QED) is 0.366. The SMILES string of the molecule is CCNC(=NCC1(c2ccccc2Br)CC1)N1CCN(C(C)=O)CC1.I. The number of carbonyl (C=O) groups is 1. The molecule has 7 heteroatoms. The van der Waals surface area contributed by atoms with Crippen LogP contribution >= 0.6 is 39.9 Å². The van der Waals surface area contributed by atoms with Gasteiger partial charge in [-0.3, -0.25) is 9.79 Å². The van der Waals surface area contributed by atoms with Crippen LogP contribution in [0.4, 0.5) is 0 Å². The summed E-state index contributed by atoms with van der Waals surface area (Å²) in [5, 5.41) is 3.42. The topological polar surface area (TPSA) is 47.9 Å². The van der Waals surface area contributed by atoms with Gasteiger partial charge in [-0.15, -0.1) is 24.0 Å². The summed E-state index contributed by atoms with van der Waals surface area (Å²) < 4.78 is 1.18. The zero-order chi connectivity index (χ0) is 17.9. The van der Waals surface area contributed by atoms with E-state index in [9.17, 15) is 4.79 Å². The smallest absolute Gasteiger partial charge is 0.219 e. The predicted octanol–water partition coefficient (Wildman–Crippen LogP) is 3.23. The highest BCUT2D eigenvalue weighted by molar-refractivity contribution is 14.0. The van der Waals surface area contributed by atoms with Gasteiger partial charge in [0, 0.05) is 49.5 Å². The number of nitrogens with one attached hydrogen (secondary N) is 1. The Morgan fingerprint density at radius 3 is 2.35 bits per heavy atom. The van der Waals surface area contributed by atoms with E-state index in [1.165, 1.54) is 22.9 Å². The van der Waals surface area contributed by atoms with Crippen LogP contribution in [0.25, 0.3) is 0 Å². The van der Waals surface area contributed by atoms with E-state index < -0.39 is 0 Å². The zero-order valence-corrected chi connectivity index (χ0v) is 19.4. The fraction of sp³-hybridized carbons (Fsp3) is 0.579. The molecular formula is C19H28BrIN4O. The lowest BCUT2D eigenvalue weighted by atomic mass is 9.96. The lowest BCUT2D eigenvalue weighted by molar-refractivity contribution is -0.130. The second-order valence-electron chi connectivity index (χ2n) is 6.92. The molecule has 0 radical (unpaired) electrons. The summed E-state index contributed by atoms with van der Waals surface area (Å²) in [4.78, 5) is 20.7. The van der Waals surface area contributed by atoms with Gasteiger partial charge in [0.2, 0.25) is 5.91 Å². The number of hydrogen-bond donors (Lipinski definition) is 1. The van der Waals surface area contributed by atoms with Crippen molar-refractivity contribution in [1.82, 2.24) is 15.1 Å². The van der Waals surface area contributed by atoms with Gasteiger partial charge >= 0.3 is 0 Å². The van der Waals surface area contributed by atoms with Crippen LogP contribution in [-0.2, 0) is 10.2 Å². The number of nitrogens with zero attached hydrogens (tertiary/aromatic N) is 3.